The molecule has 1 heterocycles. The van der Waals surface area contributed by atoms with Crippen molar-refractivity contribution in [2.24, 2.45) is 5.92 Å². The predicted octanol–water partition coefficient (Wildman–Crippen LogP) is 2.88. The Balaban J connectivity index is 1.91. The van der Waals surface area contributed by atoms with E-state index in [1.54, 1.807) is 17.0 Å². The van der Waals surface area contributed by atoms with E-state index in [2.05, 4.69) is 29.8 Å². The lowest BCUT2D eigenvalue weighted by Crippen LogP contribution is -2.50. The number of phenols is 1. The fraction of sp³-hybridized carbons (Fsp3) is 0.529. The van der Waals surface area contributed by atoms with E-state index in [1.807, 2.05) is 4.90 Å². The van der Waals surface area contributed by atoms with E-state index in [0.717, 1.165) is 10.9 Å². The fourth-order valence-corrected chi connectivity index (χ4v) is 2.93. The van der Waals surface area contributed by atoms with Crippen molar-refractivity contribution in [3.8, 4) is 5.75 Å². The lowest BCUT2D eigenvalue weighted by atomic mass is 10.1. The highest BCUT2D eigenvalue weighted by atomic mass is 79.9. The molecule has 5 nitrogen and oxygen atoms in total. The molecule has 0 aromatic heterocycles. The molecule has 1 fully saturated rings. The van der Waals surface area contributed by atoms with Crippen LogP contribution in [0.4, 0.5) is 0 Å². The van der Waals surface area contributed by atoms with Gasteiger partial charge in [0, 0.05) is 37.1 Å². The topological polar surface area (TPSA) is 60.9 Å². The number of benzene rings is 1. The highest BCUT2D eigenvalue weighted by Gasteiger charge is 2.26. The van der Waals surface area contributed by atoms with Gasteiger partial charge in [-0.25, -0.2) is 0 Å². The van der Waals surface area contributed by atoms with Crippen LogP contribution in [0, 0.1) is 5.92 Å². The first-order valence-electron chi connectivity index (χ1n) is 7.94. The van der Waals surface area contributed by atoms with Crippen LogP contribution < -0.4 is 0 Å². The minimum Gasteiger partial charge on any atom is -0.507 e. The molecule has 0 saturated carbocycles. The number of piperazine rings is 1. The average Bonchev–Trinajstić information content (AvgIpc) is 2.52. The number of amides is 2. The third-order valence-corrected chi connectivity index (χ3v) is 4.54. The Morgan fingerprint density at radius 3 is 2.35 bits per heavy atom. The second-order valence-corrected chi connectivity index (χ2v) is 7.18. The van der Waals surface area contributed by atoms with Crippen LogP contribution in [0.2, 0.25) is 0 Å². The van der Waals surface area contributed by atoms with Crippen molar-refractivity contribution in [3.05, 3.63) is 28.2 Å². The molecule has 1 aromatic carbocycles. The number of carbonyl (C=O) groups excluding carboxylic acids is 2. The number of halogens is 1. The van der Waals surface area contributed by atoms with Gasteiger partial charge >= 0.3 is 0 Å². The summed E-state index contributed by atoms with van der Waals surface area (Å²) in [6.07, 6.45) is 1.46. The van der Waals surface area contributed by atoms with Crippen LogP contribution >= 0.6 is 15.9 Å². The number of hydrogen-bond acceptors (Lipinski definition) is 3. The van der Waals surface area contributed by atoms with Crippen LogP contribution in [-0.2, 0) is 4.79 Å². The van der Waals surface area contributed by atoms with Gasteiger partial charge in [-0.05, 0) is 30.5 Å². The molecular formula is C17H23BrN2O3. The number of aromatic hydroxyl groups is 1. The first kappa shape index (κ1) is 17.8. The molecule has 1 aliphatic rings. The smallest absolute Gasteiger partial charge is 0.257 e. The molecule has 0 aliphatic carbocycles. The van der Waals surface area contributed by atoms with Crippen LogP contribution in [0.25, 0.3) is 0 Å². The van der Waals surface area contributed by atoms with Crippen molar-refractivity contribution < 1.29 is 14.7 Å². The summed E-state index contributed by atoms with van der Waals surface area (Å²) >= 11 is 3.26. The summed E-state index contributed by atoms with van der Waals surface area (Å²) in [6.45, 7) is 6.33. The molecule has 2 amide bonds. The molecule has 0 radical (unpaired) electrons. The zero-order chi connectivity index (χ0) is 17.0. The third kappa shape index (κ3) is 4.70. The summed E-state index contributed by atoms with van der Waals surface area (Å²) in [4.78, 5) is 28.1. The number of phenolic OH excluding ortho intramolecular Hbond substituents is 1. The van der Waals surface area contributed by atoms with Crippen molar-refractivity contribution in [1.82, 2.24) is 9.80 Å². The molecule has 0 atom stereocenters. The maximum absolute atomic E-state index is 12.5. The standard InChI is InChI=1S/C17H23BrN2O3/c1-12(2)3-6-16(22)19-7-9-20(10-8-19)17(23)14-5-4-13(18)11-15(14)21/h4-5,11-12,21H,3,6-10H2,1-2H3. The van der Waals surface area contributed by atoms with Crippen LogP contribution in [0.3, 0.4) is 0 Å². The largest absolute Gasteiger partial charge is 0.507 e. The highest BCUT2D eigenvalue weighted by Crippen LogP contribution is 2.24. The van der Waals surface area contributed by atoms with E-state index >= 15 is 0 Å². The van der Waals surface area contributed by atoms with Gasteiger partial charge in [0.05, 0.1) is 5.56 Å². The summed E-state index contributed by atoms with van der Waals surface area (Å²) in [5.41, 5.74) is 0.299. The maximum atomic E-state index is 12.5. The summed E-state index contributed by atoms with van der Waals surface area (Å²) in [5, 5.41) is 9.91. The summed E-state index contributed by atoms with van der Waals surface area (Å²) < 4.78 is 0.729. The van der Waals surface area contributed by atoms with E-state index < -0.39 is 0 Å². The van der Waals surface area contributed by atoms with Gasteiger partial charge in [0.2, 0.25) is 5.91 Å². The molecule has 1 aliphatic heterocycles. The maximum Gasteiger partial charge on any atom is 0.257 e. The molecule has 23 heavy (non-hydrogen) atoms. The van der Waals surface area contributed by atoms with Crippen LogP contribution in [0.15, 0.2) is 22.7 Å². The van der Waals surface area contributed by atoms with Gasteiger partial charge in [0.25, 0.3) is 5.91 Å². The predicted molar refractivity (Wildman–Crippen MR) is 92.4 cm³/mol. The quantitative estimate of drug-likeness (QED) is 0.870. The lowest BCUT2D eigenvalue weighted by Gasteiger charge is -2.35. The summed E-state index contributed by atoms with van der Waals surface area (Å²) in [5.74, 6) is 0.462. The van der Waals surface area contributed by atoms with E-state index in [9.17, 15) is 14.7 Å². The van der Waals surface area contributed by atoms with Gasteiger partial charge in [0.15, 0.2) is 0 Å². The van der Waals surface area contributed by atoms with Gasteiger partial charge < -0.3 is 14.9 Å². The first-order chi connectivity index (χ1) is 10.9. The first-order valence-corrected chi connectivity index (χ1v) is 8.73. The monoisotopic (exact) mass is 382 g/mol. The second-order valence-electron chi connectivity index (χ2n) is 6.27. The Kier molecular flexibility index (Phi) is 6.04. The Labute approximate surface area is 145 Å². The molecular weight excluding hydrogens is 360 g/mol. The minimum absolute atomic E-state index is 0.0279. The molecule has 0 bridgehead atoms. The molecule has 0 spiro atoms. The van der Waals surface area contributed by atoms with Crippen molar-refractivity contribution in [1.29, 1.82) is 0 Å². The molecule has 0 unspecified atom stereocenters. The van der Waals surface area contributed by atoms with E-state index in [1.165, 1.54) is 6.07 Å². The van der Waals surface area contributed by atoms with Crippen molar-refractivity contribution in [3.63, 3.8) is 0 Å². The number of nitrogens with zero attached hydrogens (tertiary/aromatic N) is 2. The SMILES string of the molecule is CC(C)CCC(=O)N1CCN(C(=O)c2ccc(Br)cc2O)CC1. The van der Waals surface area contributed by atoms with Gasteiger partial charge in [-0.3, -0.25) is 9.59 Å². The van der Waals surface area contributed by atoms with Crippen LogP contribution in [0.5, 0.6) is 5.75 Å². The third-order valence-electron chi connectivity index (χ3n) is 4.05. The second kappa shape index (κ2) is 7.81. The van der Waals surface area contributed by atoms with Crippen LogP contribution in [0.1, 0.15) is 37.0 Å². The molecule has 1 N–H and O–H groups in total. The Hall–Kier alpha value is -1.56. The average molecular weight is 383 g/mol. The number of rotatable bonds is 4. The Morgan fingerprint density at radius 1 is 1.17 bits per heavy atom. The van der Waals surface area contributed by atoms with Gasteiger partial charge in [-0.1, -0.05) is 29.8 Å². The zero-order valence-electron chi connectivity index (χ0n) is 13.6. The lowest BCUT2D eigenvalue weighted by molar-refractivity contribution is -0.132. The van der Waals surface area contributed by atoms with Gasteiger partial charge in [-0.15, -0.1) is 0 Å². The molecule has 1 saturated heterocycles. The van der Waals surface area contributed by atoms with Gasteiger partial charge in [0.1, 0.15) is 5.75 Å². The number of carbonyl (C=O) groups is 2. The van der Waals surface area contributed by atoms with Crippen molar-refractivity contribution in [2.75, 3.05) is 26.2 Å². The van der Waals surface area contributed by atoms with Crippen molar-refractivity contribution >= 4 is 27.7 Å². The molecule has 6 heteroatoms. The molecule has 126 valence electrons. The molecule has 1 aromatic rings. The highest BCUT2D eigenvalue weighted by molar-refractivity contribution is 9.10. The van der Waals surface area contributed by atoms with E-state index in [4.69, 9.17) is 0 Å². The van der Waals surface area contributed by atoms with E-state index in [-0.39, 0.29) is 17.6 Å². The number of hydrogen-bond donors (Lipinski definition) is 1. The summed E-state index contributed by atoms with van der Waals surface area (Å²) in [6, 6.07) is 4.86. The van der Waals surface area contributed by atoms with E-state index in [0.29, 0.717) is 44.1 Å². The minimum atomic E-state index is -0.190. The zero-order valence-corrected chi connectivity index (χ0v) is 15.2. The fourth-order valence-electron chi connectivity index (χ4n) is 2.59. The van der Waals surface area contributed by atoms with Crippen LogP contribution in [-0.4, -0.2) is 52.9 Å². The van der Waals surface area contributed by atoms with Gasteiger partial charge in [-0.2, -0.15) is 0 Å². The Bertz CT molecular complexity index is 581. The molecule has 2 rings (SSSR count). The van der Waals surface area contributed by atoms with Crippen molar-refractivity contribution in [2.45, 2.75) is 26.7 Å². The Morgan fingerprint density at radius 2 is 1.78 bits per heavy atom. The normalized spacial score (nSPS) is 15.1. The summed E-state index contributed by atoms with van der Waals surface area (Å²) in [7, 11) is 0.